The minimum absolute atomic E-state index is 0.0195. The van der Waals surface area contributed by atoms with Gasteiger partial charge in [-0.1, -0.05) is 24.3 Å². The first-order valence-corrected chi connectivity index (χ1v) is 13.2. The van der Waals surface area contributed by atoms with Crippen LogP contribution in [0, 0.1) is 23.1 Å². The third-order valence-corrected chi connectivity index (χ3v) is 7.95. The lowest BCUT2D eigenvalue weighted by Crippen LogP contribution is -2.45. The maximum atomic E-state index is 14.2. The zero-order valence-electron chi connectivity index (χ0n) is 21.3. The molecule has 0 saturated carbocycles. The van der Waals surface area contributed by atoms with Gasteiger partial charge in [-0.25, -0.2) is 14.4 Å². The summed E-state index contributed by atoms with van der Waals surface area (Å²) < 4.78 is 22.2. The van der Waals surface area contributed by atoms with E-state index in [0.29, 0.717) is 24.4 Å². The molecular formula is C30H28FN5O3. The summed E-state index contributed by atoms with van der Waals surface area (Å²) in [6.45, 7) is 2.16. The summed E-state index contributed by atoms with van der Waals surface area (Å²) in [5.74, 6) is -0.271. The highest BCUT2D eigenvalue weighted by molar-refractivity contribution is 5.77. The quantitative estimate of drug-likeness (QED) is 0.376. The molecule has 0 aliphatic carbocycles. The summed E-state index contributed by atoms with van der Waals surface area (Å²) in [6, 6.07) is 19.6. The standard InChI is InChI=1S/C30H28FN5O3/c31-23-16-19(17-32)8-9-21(23)18-39-27-7-3-5-24(33-27)20-10-13-35(14-11-20)28-22(30(37)38)12-15-36-26-6-2-1-4-25(26)34-29(28)36/h1-9,16,20,22,28H,10-15,18H2,(H,37,38)/t22-,28?/m0/s1. The summed E-state index contributed by atoms with van der Waals surface area (Å²) in [5.41, 5.74) is 3.50. The average molecular weight is 526 g/mol. The Morgan fingerprint density at radius 2 is 1.87 bits per heavy atom. The second-order valence-corrected chi connectivity index (χ2v) is 10.2. The highest BCUT2D eigenvalue weighted by atomic mass is 19.1. The first-order chi connectivity index (χ1) is 19.0. The Morgan fingerprint density at radius 1 is 1.05 bits per heavy atom. The number of hydrogen-bond acceptors (Lipinski definition) is 6. The third kappa shape index (κ3) is 4.84. The molecule has 2 atom stereocenters. The van der Waals surface area contributed by atoms with Crippen molar-refractivity contribution < 1.29 is 19.0 Å². The van der Waals surface area contributed by atoms with Gasteiger partial charge in [0.2, 0.25) is 5.88 Å². The zero-order chi connectivity index (χ0) is 26.9. The summed E-state index contributed by atoms with van der Waals surface area (Å²) >= 11 is 0. The predicted molar refractivity (Wildman–Crippen MR) is 141 cm³/mol. The van der Waals surface area contributed by atoms with Crippen LogP contribution in [0.3, 0.4) is 0 Å². The van der Waals surface area contributed by atoms with Gasteiger partial charge in [0.05, 0.1) is 34.6 Å². The predicted octanol–water partition coefficient (Wildman–Crippen LogP) is 5.05. The number of pyridine rings is 1. The monoisotopic (exact) mass is 525 g/mol. The van der Waals surface area contributed by atoms with Gasteiger partial charge < -0.3 is 14.4 Å². The van der Waals surface area contributed by atoms with Gasteiger partial charge in [0.1, 0.15) is 18.2 Å². The molecule has 6 rings (SSSR count). The van der Waals surface area contributed by atoms with Gasteiger partial charge in [0.15, 0.2) is 0 Å². The van der Waals surface area contributed by atoms with Crippen molar-refractivity contribution in [2.75, 3.05) is 13.1 Å². The summed E-state index contributed by atoms with van der Waals surface area (Å²) in [7, 11) is 0. The van der Waals surface area contributed by atoms with Crippen molar-refractivity contribution in [2.24, 2.45) is 5.92 Å². The molecule has 0 spiro atoms. The van der Waals surface area contributed by atoms with Crippen LogP contribution in [0.1, 0.15) is 53.9 Å². The molecule has 0 amide bonds. The van der Waals surface area contributed by atoms with Crippen molar-refractivity contribution in [2.45, 2.75) is 44.4 Å². The van der Waals surface area contributed by atoms with E-state index < -0.39 is 17.7 Å². The molecule has 1 unspecified atom stereocenters. The lowest BCUT2D eigenvalue weighted by atomic mass is 9.87. The van der Waals surface area contributed by atoms with E-state index in [2.05, 4.69) is 9.47 Å². The van der Waals surface area contributed by atoms with Gasteiger partial charge in [0, 0.05) is 29.8 Å². The number of aromatic nitrogens is 3. The van der Waals surface area contributed by atoms with Gasteiger partial charge in [-0.3, -0.25) is 9.69 Å². The van der Waals surface area contributed by atoms with Crippen LogP contribution in [-0.4, -0.2) is 43.6 Å². The van der Waals surface area contributed by atoms with E-state index in [1.54, 1.807) is 18.2 Å². The molecule has 2 aromatic carbocycles. The second-order valence-electron chi connectivity index (χ2n) is 10.2. The Balaban J connectivity index is 1.15. The lowest BCUT2D eigenvalue weighted by Gasteiger charge is -2.41. The number of halogens is 1. The molecule has 4 aromatic rings. The van der Waals surface area contributed by atoms with Crippen molar-refractivity contribution >= 4 is 17.0 Å². The number of nitrogens with zero attached hydrogens (tertiary/aromatic N) is 5. The first-order valence-electron chi connectivity index (χ1n) is 13.2. The molecule has 1 N–H and O–H groups in total. The Kier molecular flexibility index (Phi) is 6.71. The van der Waals surface area contributed by atoms with Gasteiger partial charge in [-0.15, -0.1) is 0 Å². The number of aryl methyl sites for hydroxylation is 1. The van der Waals surface area contributed by atoms with E-state index in [4.69, 9.17) is 20.0 Å². The second kappa shape index (κ2) is 10.5. The van der Waals surface area contributed by atoms with E-state index >= 15 is 0 Å². The summed E-state index contributed by atoms with van der Waals surface area (Å²) in [5, 5.41) is 19.0. The van der Waals surface area contributed by atoms with E-state index in [1.807, 2.05) is 42.5 Å². The van der Waals surface area contributed by atoms with E-state index in [9.17, 15) is 14.3 Å². The Bertz CT molecular complexity index is 1570. The number of ether oxygens (including phenoxy) is 1. The number of piperidine rings is 1. The van der Waals surface area contributed by atoms with Crippen LogP contribution in [0.25, 0.3) is 11.0 Å². The minimum atomic E-state index is -0.773. The van der Waals surface area contributed by atoms with Crippen LogP contribution in [0.2, 0.25) is 0 Å². The summed E-state index contributed by atoms with van der Waals surface area (Å²) in [4.78, 5) is 24.1. The van der Waals surface area contributed by atoms with Crippen LogP contribution in [0.4, 0.5) is 4.39 Å². The van der Waals surface area contributed by atoms with Crippen molar-refractivity contribution in [1.82, 2.24) is 19.4 Å². The van der Waals surface area contributed by atoms with Crippen LogP contribution < -0.4 is 4.74 Å². The molecule has 198 valence electrons. The number of carbonyl (C=O) groups is 1. The van der Waals surface area contributed by atoms with Gasteiger partial charge in [0.25, 0.3) is 0 Å². The van der Waals surface area contributed by atoms with Gasteiger partial charge >= 0.3 is 5.97 Å². The SMILES string of the molecule is N#Cc1ccc(COc2cccc(C3CCN(C4c5nc6ccccc6n5CC[C@@H]4C(=O)O)CC3)n2)c(F)c1. The summed E-state index contributed by atoms with van der Waals surface area (Å²) in [6.07, 6.45) is 2.25. The zero-order valence-corrected chi connectivity index (χ0v) is 21.3. The van der Waals surface area contributed by atoms with Crippen molar-refractivity contribution in [3.8, 4) is 11.9 Å². The number of imidazole rings is 1. The number of nitriles is 1. The lowest BCUT2D eigenvalue weighted by molar-refractivity contribution is -0.146. The van der Waals surface area contributed by atoms with Crippen LogP contribution in [-0.2, 0) is 17.9 Å². The van der Waals surface area contributed by atoms with E-state index in [0.717, 1.165) is 48.5 Å². The molecular weight excluding hydrogens is 497 g/mol. The molecule has 2 aromatic heterocycles. The van der Waals surface area contributed by atoms with Crippen LogP contribution in [0.15, 0.2) is 60.7 Å². The molecule has 2 aliphatic heterocycles. The number of hydrogen-bond donors (Lipinski definition) is 1. The smallest absolute Gasteiger partial charge is 0.308 e. The number of para-hydroxylation sites is 2. The minimum Gasteiger partial charge on any atom is -0.481 e. The molecule has 2 aliphatic rings. The number of likely N-dealkylation sites (tertiary alicyclic amines) is 1. The van der Waals surface area contributed by atoms with Crippen molar-refractivity contribution in [3.63, 3.8) is 0 Å². The molecule has 0 radical (unpaired) electrons. The topological polar surface area (TPSA) is 104 Å². The number of aliphatic carboxylic acids is 1. The molecule has 1 saturated heterocycles. The maximum absolute atomic E-state index is 14.2. The number of rotatable bonds is 6. The maximum Gasteiger partial charge on any atom is 0.308 e. The van der Waals surface area contributed by atoms with E-state index in [-0.39, 0.29) is 24.1 Å². The normalized spacial score (nSPS) is 19.9. The van der Waals surface area contributed by atoms with Crippen LogP contribution >= 0.6 is 0 Å². The molecule has 0 bridgehead atoms. The first kappa shape index (κ1) is 25.0. The van der Waals surface area contributed by atoms with Crippen molar-refractivity contribution in [1.29, 1.82) is 5.26 Å². The molecule has 8 nitrogen and oxygen atoms in total. The van der Waals surface area contributed by atoms with Gasteiger partial charge in [-0.05, 0) is 62.7 Å². The molecule has 39 heavy (non-hydrogen) atoms. The highest BCUT2D eigenvalue weighted by Crippen LogP contribution is 2.40. The highest BCUT2D eigenvalue weighted by Gasteiger charge is 2.41. The number of carboxylic acids is 1. The Labute approximate surface area is 225 Å². The molecule has 9 heteroatoms. The number of carboxylic acid groups (broad SMARTS) is 1. The molecule has 1 fully saturated rings. The largest absolute Gasteiger partial charge is 0.481 e. The van der Waals surface area contributed by atoms with Gasteiger partial charge in [-0.2, -0.15) is 5.26 Å². The fraction of sp³-hybridized carbons (Fsp3) is 0.333. The third-order valence-electron chi connectivity index (χ3n) is 7.95. The fourth-order valence-corrected chi connectivity index (χ4v) is 5.93. The number of fused-ring (bicyclic) bond motifs is 3. The van der Waals surface area contributed by atoms with Crippen LogP contribution in [0.5, 0.6) is 5.88 Å². The van der Waals surface area contributed by atoms with E-state index in [1.165, 1.54) is 6.07 Å². The Hall–Kier alpha value is -4.29. The van der Waals surface area contributed by atoms with Crippen molar-refractivity contribution in [3.05, 3.63) is 89.1 Å². The molecule has 4 heterocycles. The average Bonchev–Trinajstić information content (AvgIpc) is 3.35. The fourth-order valence-electron chi connectivity index (χ4n) is 5.93. The Morgan fingerprint density at radius 3 is 2.64 bits per heavy atom. The number of benzene rings is 2.